The molecule has 1 aliphatic carbocycles. The largest absolute Gasteiger partial charge is 0.487 e. The monoisotopic (exact) mass is 234 g/mol. The smallest absolute Gasteiger partial charge is 0.162 e. The Bertz CT molecular complexity index is 403. The SMILES string of the molecule is C=C(C)C1(C)CC2=C(CC(C(C)C)CC2=O)O1. The van der Waals surface area contributed by atoms with E-state index in [0.29, 0.717) is 24.7 Å². The molecule has 0 aromatic rings. The lowest BCUT2D eigenvalue weighted by atomic mass is 9.79. The summed E-state index contributed by atoms with van der Waals surface area (Å²) in [6.07, 6.45) is 2.31. The van der Waals surface area contributed by atoms with E-state index in [9.17, 15) is 4.79 Å². The molecule has 0 fully saturated rings. The van der Waals surface area contributed by atoms with Crippen LogP contribution in [-0.4, -0.2) is 11.4 Å². The van der Waals surface area contributed by atoms with Gasteiger partial charge in [-0.25, -0.2) is 0 Å². The minimum Gasteiger partial charge on any atom is -0.487 e. The molecule has 0 aromatic carbocycles. The zero-order chi connectivity index (χ0) is 12.8. The topological polar surface area (TPSA) is 26.3 Å². The maximum atomic E-state index is 12.1. The van der Waals surface area contributed by atoms with Crippen LogP contribution in [0.2, 0.25) is 0 Å². The summed E-state index contributed by atoms with van der Waals surface area (Å²) >= 11 is 0. The number of ketones is 1. The van der Waals surface area contributed by atoms with Crippen molar-refractivity contribution in [1.29, 1.82) is 0 Å². The van der Waals surface area contributed by atoms with Gasteiger partial charge in [0.15, 0.2) is 5.78 Å². The molecule has 2 nitrogen and oxygen atoms in total. The van der Waals surface area contributed by atoms with Gasteiger partial charge in [-0.3, -0.25) is 4.79 Å². The van der Waals surface area contributed by atoms with Gasteiger partial charge in [-0.05, 0) is 31.3 Å². The predicted molar refractivity (Wildman–Crippen MR) is 68.5 cm³/mol. The Morgan fingerprint density at radius 1 is 1.47 bits per heavy atom. The standard InChI is InChI=1S/C15H22O2/c1-9(2)11-6-13(16)12-8-15(5,10(3)4)17-14(12)7-11/h9,11H,3,6-8H2,1-2,4-5H3. The highest BCUT2D eigenvalue weighted by molar-refractivity contribution is 5.97. The average molecular weight is 234 g/mol. The fourth-order valence-corrected chi connectivity index (χ4v) is 2.61. The summed E-state index contributed by atoms with van der Waals surface area (Å²) in [4.78, 5) is 12.1. The number of carbonyl (C=O) groups is 1. The number of carbonyl (C=O) groups excluding carboxylic acids is 1. The number of rotatable bonds is 2. The van der Waals surface area contributed by atoms with Crippen molar-refractivity contribution in [3.63, 3.8) is 0 Å². The molecule has 1 aliphatic heterocycles. The van der Waals surface area contributed by atoms with Crippen LogP contribution in [0.25, 0.3) is 0 Å². The molecule has 0 bridgehead atoms. The highest BCUT2D eigenvalue weighted by atomic mass is 16.5. The van der Waals surface area contributed by atoms with Crippen LogP contribution in [0, 0.1) is 11.8 Å². The molecule has 17 heavy (non-hydrogen) atoms. The summed E-state index contributed by atoms with van der Waals surface area (Å²) < 4.78 is 6.02. The first-order chi connectivity index (χ1) is 7.83. The van der Waals surface area contributed by atoms with Crippen molar-refractivity contribution in [1.82, 2.24) is 0 Å². The molecule has 2 aliphatic rings. The molecule has 0 aromatic heterocycles. The van der Waals surface area contributed by atoms with Crippen LogP contribution >= 0.6 is 0 Å². The van der Waals surface area contributed by atoms with Crippen LogP contribution in [0.1, 0.15) is 47.0 Å². The van der Waals surface area contributed by atoms with E-state index in [-0.39, 0.29) is 11.4 Å². The quantitative estimate of drug-likeness (QED) is 0.682. The molecule has 1 heterocycles. The minimum atomic E-state index is -0.355. The van der Waals surface area contributed by atoms with Crippen molar-refractivity contribution in [2.75, 3.05) is 0 Å². The molecular formula is C15H22O2. The van der Waals surface area contributed by atoms with Gasteiger partial charge in [-0.1, -0.05) is 20.4 Å². The van der Waals surface area contributed by atoms with E-state index >= 15 is 0 Å². The minimum absolute atomic E-state index is 0.287. The molecular weight excluding hydrogens is 212 g/mol. The molecule has 2 heteroatoms. The number of ether oxygens (including phenoxy) is 1. The van der Waals surface area contributed by atoms with Crippen molar-refractivity contribution in [2.24, 2.45) is 11.8 Å². The van der Waals surface area contributed by atoms with Crippen LogP contribution in [-0.2, 0) is 9.53 Å². The van der Waals surface area contributed by atoms with Crippen LogP contribution in [0.5, 0.6) is 0 Å². The van der Waals surface area contributed by atoms with Gasteiger partial charge in [-0.2, -0.15) is 0 Å². The van der Waals surface area contributed by atoms with Crippen molar-refractivity contribution < 1.29 is 9.53 Å². The van der Waals surface area contributed by atoms with E-state index in [2.05, 4.69) is 20.4 Å². The van der Waals surface area contributed by atoms with Gasteiger partial charge in [0.1, 0.15) is 11.4 Å². The van der Waals surface area contributed by atoms with E-state index in [1.54, 1.807) is 0 Å². The van der Waals surface area contributed by atoms with Gasteiger partial charge >= 0.3 is 0 Å². The van der Waals surface area contributed by atoms with Crippen molar-refractivity contribution >= 4 is 5.78 Å². The maximum Gasteiger partial charge on any atom is 0.162 e. The molecule has 0 saturated carbocycles. The van der Waals surface area contributed by atoms with Gasteiger partial charge in [0, 0.05) is 24.8 Å². The van der Waals surface area contributed by atoms with E-state index in [0.717, 1.165) is 23.3 Å². The Morgan fingerprint density at radius 2 is 2.12 bits per heavy atom. The highest BCUT2D eigenvalue weighted by Gasteiger charge is 2.43. The Kier molecular flexibility index (Phi) is 2.92. The second-order valence-electron chi connectivity index (χ2n) is 6.03. The first-order valence-corrected chi connectivity index (χ1v) is 6.43. The Morgan fingerprint density at radius 3 is 2.65 bits per heavy atom. The molecule has 2 unspecified atom stereocenters. The third kappa shape index (κ3) is 2.05. The van der Waals surface area contributed by atoms with Gasteiger partial charge in [0.2, 0.25) is 0 Å². The molecule has 0 radical (unpaired) electrons. The van der Waals surface area contributed by atoms with E-state index in [4.69, 9.17) is 4.74 Å². The second-order valence-corrected chi connectivity index (χ2v) is 6.03. The fraction of sp³-hybridized carbons (Fsp3) is 0.667. The zero-order valence-electron chi connectivity index (χ0n) is 11.3. The zero-order valence-corrected chi connectivity index (χ0v) is 11.3. The number of allylic oxidation sites excluding steroid dienone is 1. The third-order valence-corrected chi connectivity index (χ3v) is 4.28. The molecule has 0 N–H and O–H groups in total. The van der Waals surface area contributed by atoms with Crippen molar-refractivity contribution in [2.45, 2.75) is 52.6 Å². The van der Waals surface area contributed by atoms with Crippen molar-refractivity contribution in [3.05, 3.63) is 23.5 Å². The van der Waals surface area contributed by atoms with E-state index in [1.165, 1.54) is 0 Å². The van der Waals surface area contributed by atoms with E-state index in [1.807, 2.05) is 13.8 Å². The number of Topliss-reactive ketones (excluding diaryl/α,β-unsaturated/α-hetero) is 1. The summed E-state index contributed by atoms with van der Waals surface area (Å²) in [5.41, 5.74) is 1.57. The number of hydrogen-bond donors (Lipinski definition) is 0. The van der Waals surface area contributed by atoms with Crippen LogP contribution in [0.15, 0.2) is 23.5 Å². The molecule has 0 saturated heterocycles. The molecule has 94 valence electrons. The summed E-state index contributed by atoms with van der Waals surface area (Å²) in [6, 6.07) is 0. The lowest BCUT2D eigenvalue weighted by Crippen LogP contribution is -2.25. The summed E-state index contributed by atoms with van der Waals surface area (Å²) in [5, 5.41) is 0. The molecule has 2 rings (SSSR count). The van der Waals surface area contributed by atoms with Gasteiger partial charge in [0.25, 0.3) is 0 Å². The van der Waals surface area contributed by atoms with Crippen molar-refractivity contribution in [3.8, 4) is 0 Å². The normalized spacial score (nSPS) is 32.8. The maximum absolute atomic E-state index is 12.1. The van der Waals surface area contributed by atoms with Gasteiger partial charge in [-0.15, -0.1) is 0 Å². The highest BCUT2D eigenvalue weighted by Crippen LogP contribution is 2.45. The van der Waals surface area contributed by atoms with Crippen LogP contribution in [0.4, 0.5) is 0 Å². The predicted octanol–water partition coefficient (Wildman–Crippen LogP) is 3.63. The van der Waals surface area contributed by atoms with E-state index < -0.39 is 0 Å². The third-order valence-electron chi connectivity index (χ3n) is 4.28. The second kappa shape index (κ2) is 4.01. The molecule has 0 spiro atoms. The summed E-state index contributed by atoms with van der Waals surface area (Å²) in [7, 11) is 0. The lowest BCUT2D eigenvalue weighted by molar-refractivity contribution is -0.117. The lowest BCUT2D eigenvalue weighted by Gasteiger charge is -2.27. The van der Waals surface area contributed by atoms with Gasteiger partial charge in [0.05, 0.1) is 0 Å². The Labute approximate surface area is 104 Å². The first kappa shape index (κ1) is 12.4. The summed E-state index contributed by atoms with van der Waals surface area (Å²) in [5.74, 6) is 2.20. The average Bonchev–Trinajstić information content (AvgIpc) is 2.56. The molecule has 0 amide bonds. The van der Waals surface area contributed by atoms with Gasteiger partial charge < -0.3 is 4.74 Å². The van der Waals surface area contributed by atoms with Crippen LogP contribution < -0.4 is 0 Å². The summed E-state index contributed by atoms with van der Waals surface area (Å²) in [6.45, 7) is 12.3. The van der Waals surface area contributed by atoms with Crippen LogP contribution in [0.3, 0.4) is 0 Å². The Balaban J connectivity index is 2.22. The number of hydrogen-bond acceptors (Lipinski definition) is 2. The fourth-order valence-electron chi connectivity index (χ4n) is 2.61. The Hall–Kier alpha value is -1.05. The first-order valence-electron chi connectivity index (χ1n) is 6.43. The molecule has 2 atom stereocenters.